The molecule has 1 unspecified atom stereocenters. The van der Waals surface area contributed by atoms with Crippen LogP contribution in [0.25, 0.3) is 22.4 Å². The van der Waals surface area contributed by atoms with Gasteiger partial charge in [0, 0.05) is 16.1 Å². The third kappa shape index (κ3) is 6.10. The maximum Gasteiger partial charge on any atom is 0.238 e. The zero-order valence-electron chi connectivity index (χ0n) is 21.2. The number of ether oxygens (including phenoxy) is 2. The number of halogens is 1. The normalized spacial score (nSPS) is 11.3. The van der Waals surface area contributed by atoms with Gasteiger partial charge in [-0.25, -0.2) is 4.98 Å². The highest BCUT2D eigenvalue weighted by Crippen LogP contribution is 2.37. The minimum absolute atomic E-state index is 0.236. The van der Waals surface area contributed by atoms with Crippen molar-refractivity contribution in [2.24, 2.45) is 0 Å². The average molecular weight is 544 g/mol. The van der Waals surface area contributed by atoms with Crippen LogP contribution in [0.15, 0.2) is 83.9 Å². The van der Waals surface area contributed by atoms with Crippen molar-refractivity contribution in [2.75, 3.05) is 19.5 Å². The number of hydrogen-bond donors (Lipinski definition) is 1. The molecule has 4 aromatic rings. The molecule has 192 valence electrons. The maximum absolute atomic E-state index is 13.4. The summed E-state index contributed by atoms with van der Waals surface area (Å²) in [6.45, 7) is 1.92. The van der Waals surface area contributed by atoms with Gasteiger partial charge in [0.15, 0.2) is 0 Å². The van der Waals surface area contributed by atoms with Crippen molar-refractivity contribution >= 4 is 35.0 Å². The van der Waals surface area contributed by atoms with Crippen LogP contribution in [-0.4, -0.2) is 30.4 Å². The van der Waals surface area contributed by atoms with E-state index in [1.54, 1.807) is 25.3 Å². The number of thioether (sulfide) groups is 1. The third-order valence-corrected chi connectivity index (χ3v) is 7.49. The first-order chi connectivity index (χ1) is 18.5. The van der Waals surface area contributed by atoms with Gasteiger partial charge in [0.2, 0.25) is 5.91 Å². The Hall–Kier alpha value is -3.99. The molecule has 1 N–H and O–H groups in total. The van der Waals surface area contributed by atoms with Gasteiger partial charge in [0.05, 0.1) is 36.4 Å². The number of aromatic nitrogens is 1. The number of carbonyl (C=O) groups excluding carboxylic acids is 1. The van der Waals surface area contributed by atoms with Crippen LogP contribution in [-0.2, 0) is 4.79 Å². The summed E-state index contributed by atoms with van der Waals surface area (Å²) in [6.07, 6.45) is 0.513. The Bertz CT molecular complexity index is 1470. The van der Waals surface area contributed by atoms with Gasteiger partial charge in [-0.05, 0) is 48.4 Å². The van der Waals surface area contributed by atoms with E-state index < -0.39 is 5.25 Å². The largest absolute Gasteiger partial charge is 0.497 e. The topological polar surface area (TPSA) is 84.2 Å². The number of benzene rings is 3. The van der Waals surface area contributed by atoms with E-state index in [0.29, 0.717) is 39.2 Å². The van der Waals surface area contributed by atoms with Crippen molar-refractivity contribution in [1.82, 2.24) is 4.98 Å². The molecule has 0 radical (unpaired) electrons. The standard InChI is InChI=1S/C30H26ClN3O3S/c1-4-28(29(35)33-26-16-21(31)12-15-27(26)37-3)38-30-24(18-32)23(19-10-13-22(36-2)14-11-19)17-25(34-30)20-8-6-5-7-9-20/h5-17,28H,4H2,1-3H3,(H,33,35). The zero-order chi connectivity index (χ0) is 27.1. The van der Waals surface area contributed by atoms with Crippen molar-refractivity contribution in [2.45, 2.75) is 23.6 Å². The lowest BCUT2D eigenvalue weighted by molar-refractivity contribution is -0.115. The third-order valence-electron chi connectivity index (χ3n) is 5.91. The van der Waals surface area contributed by atoms with Gasteiger partial charge < -0.3 is 14.8 Å². The van der Waals surface area contributed by atoms with Gasteiger partial charge in [-0.1, -0.05) is 72.8 Å². The van der Waals surface area contributed by atoms with Crippen LogP contribution in [0.2, 0.25) is 5.02 Å². The fourth-order valence-corrected chi connectivity index (χ4v) is 5.12. The van der Waals surface area contributed by atoms with Gasteiger partial charge in [-0.15, -0.1) is 0 Å². The van der Waals surface area contributed by atoms with E-state index in [2.05, 4.69) is 11.4 Å². The van der Waals surface area contributed by atoms with Crippen LogP contribution >= 0.6 is 23.4 Å². The van der Waals surface area contributed by atoms with Gasteiger partial charge in [-0.2, -0.15) is 5.26 Å². The Labute approximate surface area is 231 Å². The molecule has 0 fully saturated rings. The molecule has 0 bridgehead atoms. The Kier molecular flexibility index (Phi) is 8.90. The van der Waals surface area contributed by atoms with E-state index in [1.165, 1.54) is 18.9 Å². The summed E-state index contributed by atoms with van der Waals surface area (Å²) in [5.41, 5.74) is 4.10. The van der Waals surface area contributed by atoms with Crippen molar-refractivity contribution in [3.8, 4) is 40.0 Å². The van der Waals surface area contributed by atoms with Crippen LogP contribution < -0.4 is 14.8 Å². The Morgan fingerprint density at radius 3 is 2.39 bits per heavy atom. The number of nitrogens with one attached hydrogen (secondary N) is 1. The molecular formula is C30H26ClN3O3S. The number of amides is 1. The molecule has 1 amide bonds. The predicted octanol–water partition coefficient (Wildman–Crippen LogP) is 7.47. The highest BCUT2D eigenvalue weighted by Gasteiger charge is 2.24. The maximum atomic E-state index is 13.4. The van der Waals surface area contributed by atoms with Crippen molar-refractivity contribution in [1.29, 1.82) is 5.26 Å². The molecule has 0 aliphatic rings. The lowest BCUT2D eigenvalue weighted by atomic mass is 9.99. The summed E-state index contributed by atoms with van der Waals surface area (Å²) in [5.74, 6) is 0.990. The second-order valence-electron chi connectivity index (χ2n) is 8.29. The monoisotopic (exact) mass is 543 g/mol. The summed E-state index contributed by atoms with van der Waals surface area (Å²) in [4.78, 5) is 18.2. The van der Waals surface area contributed by atoms with E-state index >= 15 is 0 Å². The molecule has 3 aromatic carbocycles. The number of pyridine rings is 1. The highest BCUT2D eigenvalue weighted by atomic mass is 35.5. The number of nitrogens with zero attached hydrogens (tertiary/aromatic N) is 2. The molecule has 0 saturated carbocycles. The number of nitriles is 1. The quantitative estimate of drug-likeness (QED) is 0.220. The van der Waals surface area contributed by atoms with Gasteiger partial charge in [-0.3, -0.25) is 4.79 Å². The smallest absolute Gasteiger partial charge is 0.238 e. The van der Waals surface area contributed by atoms with E-state index in [0.717, 1.165) is 22.4 Å². The van der Waals surface area contributed by atoms with Gasteiger partial charge >= 0.3 is 0 Å². The first kappa shape index (κ1) is 27.1. The minimum Gasteiger partial charge on any atom is -0.497 e. The van der Waals surface area contributed by atoms with E-state index in [1.807, 2.05) is 67.6 Å². The van der Waals surface area contributed by atoms with Crippen LogP contribution in [0.3, 0.4) is 0 Å². The van der Waals surface area contributed by atoms with Gasteiger partial charge in [0.1, 0.15) is 22.6 Å². The van der Waals surface area contributed by atoms with E-state index in [-0.39, 0.29) is 5.91 Å². The summed E-state index contributed by atoms with van der Waals surface area (Å²) >= 11 is 7.41. The summed E-state index contributed by atoms with van der Waals surface area (Å²) in [6, 6.07) is 26.6. The van der Waals surface area contributed by atoms with Crippen LogP contribution in [0, 0.1) is 11.3 Å². The molecule has 0 aliphatic heterocycles. The molecule has 1 atom stereocenters. The lowest BCUT2D eigenvalue weighted by Crippen LogP contribution is -2.25. The molecular weight excluding hydrogens is 518 g/mol. The molecule has 0 spiro atoms. The number of anilines is 1. The number of carbonyl (C=O) groups is 1. The number of hydrogen-bond acceptors (Lipinski definition) is 6. The van der Waals surface area contributed by atoms with Crippen LogP contribution in [0.5, 0.6) is 11.5 Å². The number of methoxy groups -OCH3 is 2. The molecule has 1 aromatic heterocycles. The van der Waals surface area contributed by atoms with Crippen LogP contribution in [0.1, 0.15) is 18.9 Å². The van der Waals surface area contributed by atoms with Gasteiger partial charge in [0.25, 0.3) is 0 Å². The first-order valence-electron chi connectivity index (χ1n) is 11.9. The second kappa shape index (κ2) is 12.5. The highest BCUT2D eigenvalue weighted by molar-refractivity contribution is 8.00. The first-order valence-corrected chi connectivity index (χ1v) is 13.2. The average Bonchev–Trinajstić information content (AvgIpc) is 2.96. The molecule has 0 aliphatic carbocycles. The molecule has 6 nitrogen and oxygen atoms in total. The summed E-state index contributed by atoms with van der Waals surface area (Å²) < 4.78 is 10.7. The molecule has 4 rings (SSSR count). The lowest BCUT2D eigenvalue weighted by Gasteiger charge is -2.18. The summed E-state index contributed by atoms with van der Waals surface area (Å²) in [7, 11) is 3.14. The summed E-state index contributed by atoms with van der Waals surface area (Å²) in [5, 5.41) is 13.6. The Balaban J connectivity index is 1.75. The van der Waals surface area contributed by atoms with Crippen molar-refractivity contribution in [3.63, 3.8) is 0 Å². The molecule has 0 saturated heterocycles. The Morgan fingerprint density at radius 1 is 1.03 bits per heavy atom. The zero-order valence-corrected chi connectivity index (χ0v) is 22.8. The molecule has 38 heavy (non-hydrogen) atoms. The SMILES string of the molecule is CCC(Sc1nc(-c2ccccc2)cc(-c2ccc(OC)cc2)c1C#N)C(=O)Nc1cc(Cl)ccc1OC. The second-order valence-corrected chi connectivity index (χ2v) is 9.92. The Morgan fingerprint density at radius 2 is 1.76 bits per heavy atom. The van der Waals surface area contributed by atoms with Crippen molar-refractivity contribution in [3.05, 3.63) is 89.4 Å². The van der Waals surface area contributed by atoms with Crippen molar-refractivity contribution < 1.29 is 14.3 Å². The fraction of sp³-hybridized carbons (Fsp3) is 0.167. The van der Waals surface area contributed by atoms with Crippen LogP contribution in [0.4, 0.5) is 5.69 Å². The predicted molar refractivity (Wildman–Crippen MR) is 153 cm³/mol. The minimum atomic E-state index is -0.520. The number of rotatable bonds is 9. The molecule has 1 heterocycles. The fourth-order valence-electron chi connectivity index (χ4n) is 3.92. The van der Waals surface area contributed by atoms with E-state index in [9.17, 15) is 10.1 Å². The molecule has 8 heteroatoms. The van der Waals surface area contributed by atoms with E-state index in [4.69, 9.17) is 26.1 Å².